The summed E-state index contributed by atoms with van der Waals surface area (Å²) in [6.45, 7) is 3.97. The fourth-order valence-electron chi connectivity index (χ4n) is 6.37. The number of piperidine rings is 1. The van der Waals surface area contributed by atoms with Crippen LogP contribution in [0.3, 0.4) is 0 Å². The Morgan fingerprint density at radius 1 is 0.967 bits per heavy atom. The number of likely N-dealkylation sites (tertiary alicyclic amines) is 2. The molecule has 0 aromatic carbocycles. The number of aromatic nitrogens is 2. The monoisotopic (exact) mass is 412 g/mol. The molecule has 4 aliphatic rings. The topological polar surface area (TPSA) is 58.4 Å². The Hall–Kier alpha value is -1.69. The first-order valence-corrected chi connectivity index (χ1v) is 12.3. The molecule has 3 fully saturated rings. The average molecular weight is 413 g/mol. The van der Waals surface area contributed by atoms with Gasteiger partial charge in [-0.1, -0.05) is 19.3 Å². The molecule has 0 N–H and O–H groups in total. The highest BCUT2D eigenvalue weighted by molar-refractivity contribution is 5.78. The zero-order valence-corrected chi connectivity index (χ0v) is 18.2. The van der Waals surface area contributed by atoms with E-state index in [1.807, 2.05) is 9.47 Å². The number of aryl methyl sites for hydroxylation is 1. The fraction of sp³-hybridized carbons (Fsp3) is 0.792. The van der Waals surface area contributed by atoms with E-state index in [2.05, 4.69) is 4.90 Å². The van der Waals surface area contributed by atoms with Crippen LogP contribution in [0.4, 0.5) is 0 Å². The van der Waals surface area contributed by atoms with E-state index in [-0.39, 0.29) is 17.4 Å². The molecule has 0 unspecified atom stereocenters. The second kappa shape index (κ2) is 8.81. The fourth-order valence-corrected chi connectivity index (χ4v) is 6.37. The second-order valence-electron chi connectivity index (χ2n) is 9.95. The van der Waals surface area contributed by atoms with Gasteiger partial charge in [0, 0.05) is 44.1 Å². The van der Waals surface area contributed by atoms with Crippen LogP contribution in [-0.2, 0) is 17.8 Å². The smallest absolute Gasteiger partial charge is 0.253 e. The van der Waals surface area contributed by atoms with Crippen LogP contribution in [0.5, 0.6) is 0 Å². The molecule has 164 valence electrons. The summed E-state index contributed by atoms with van der Waals surface area (Å²) in [6, 6.07) is 2.37. The lowest BCUT2D eigenvalue weighted by atomic mass is 9.78. The van der Waals surface area contributed by atoms with Gasteiger partial charge in [-0.15, -0.1) is 0 Å². The van der Waals surface area contributed by atoms with Crippen LogP contribution >= 0.6 is 0 Å². The van der Waals surface area contributed by atoms with Crippen LogP contribution in [0.15, 0.2) is 10.9 Å². The third-order valence-electron chi connectivity index (χ3n) is 8.05. The van der Waals surface area contributed by atoms with Crippen molar-refractivity contribution in [2.45, 2.75) is 89.1 Å². The molecule has 1 aliphatic carbocycles. The van der Waals surface area contributed by atoms with Crippen molar-refractivity contribution < 1.29 is 4.79 Å². The summed E-state index contributed by atoms with van der Waals surface area (Å²) in [5.41, 5.74) is 1.01. The number of hydrogen-bond donors (Lipinski definition) is 0. The van der Waals surface area contributed by atoms with Crippen molar-refractivity contribution in [1.82, 2.24) is 19.4 Å². The van der Waals surface area contributed by atoms with Crippen molar-refractivity contribution in [2.24, 2.45) is 5.92 Å². The Morgan fingerprint density at radius 3 is 2.77 bits per heavy atom. The van der Waals surface area contributed by atoms with Gasteiger partial charge in [-0.05, 0) is 57.4 Å². The molecule has 6 heteroatoms. The maximum Gasteiger partial charge on any atom is 0.253 e. The molecular formula is C24H36N4O2. The van der Waals surface area contributed by atoms with E-state index in [9.17, 15) is 9.59 Å². The van der Waals surface area contributed by atoms with Gasteiger partial charge in [0.1, 0.15) is 5.82 Å². The van der Waals surface area contributed by atoms with Crippen molar-refractivity contribution in [2.75, 3.05) is 26.2 Å². The predicted octanol–water partition coefficient (Wildman–Crippen LogP) is 2.94. The van der Waals surface area contributed by atoms with Crippen molar-refractivity contribution in [1.29, 1.82) is 0 Å². The SMILES string of the molecule is O=C(CN1CCC[C@H]2CCCC[C@@H]21)N1CC[C@H](c2cc(=O)n3c(n2)CCCCC3)C1. The number of fused-ring (bicyclic) bond motifs is 2. The van der Waals surface area contributed by atoms with Gasteiger partial charge < -0.3 is 4.90 Å². The molecule has 4 heterocycles. The molecule has 0 bridgehead atoms. The van der Waals surface area contributed by atoms with Crippen molar-refractivity contribution >= 4 is 5.91 Å². The van der Waals surface area contributed by atoms with Crippen LogP contribution in [-0.4, -0.2) is 57.5 Å². The molecule has 6 nitrogen and oxygen atoms in total. The summed E-state index contributed by atoms with van der Waals surface area (Å²) in [5.74, 6) is 2.25. The standard InChI is InChI=1S/C24H36N4O2/c29-23-15-20(25-22-10-2-1-5-13-28(22)23)19-11-14-27(16-19)24(30)17-26-12-6-8-18-7-3-4-9-21(18)26/h15,18-19,21H,1-14,16-17H2/t18-,19+,21+/m1/s1. The van der Waals surface area contributed by atoms with Gasteiger partial charge in [-0.3, -0.25) is 19.1 Å². The summed E-state index contributed by atoms with van der Waals surface area (Å²) in [7, 11) is 0. The van der Waals surface area contributed by atoms with Crippen molar-refractivity contribution in [3.8, 4) is 0 Å². The first-order chi connectivity index (χ1) is 14.7. The molecule has 0 radical (unpaired) electrons. The zero-order chi connectivity index (χ0) is 20.5. The maximum absolute atomic E-state index is 13.1. The summed E-state index contributed by atoms with van der Waals surface area (Å²) in [4.78, 5) is 35.2. The van der Waals surface area contributed by atoms with E-state index in [0.29, 0.717) is 12.6 Å². The average Bonchev–Trinajstić information content (AvgIpc) is 3.13. The van der Waals surface area contributed by atoms with E-state index in [1.165, 1.54) is 44.9 Å². The lowest BCUT2D eigenvalue weighted by Gasteiger charge is -2.44. The van der Waals surface area contributed by atoms with Crippen LogP contribution in [0.1, 0.15) is 81.6 Å². The second-order valence-corrected chi connectivity index (χ2v) is 9.95. The first-order valence-electron chi connectivity index (χ1n) is 12.3. The summed E-state index contributed by atoms with van der Waals surface area (Å²) >= 11 is 0. The molecule has 2 saturated heterocycles. The number of rotatable bonds is 3. The van der Waals surface area contributed by atoms with E-state index >= 15 is 0 Å². The Bertz CT molecular complexity index is 833. The third kappa shape index (κ3) is 4.08. The molecule has 0 spiro atoms. The molecule has 30 heavy (non-hydrogen) atoms. The molecule has 1 aromatic rings. The minimum atomic E-state index is 0.0957. The van der Waals surface area contributed by atoms with Crippen molar-refractivity contribution in [3.63, 3.8) is 0 Å². The van der Waals surface area contributed by atoms with Gasteiger partial charge >= 0.3 is 0 Å². The van der Waals surface area contributed by atoms with E-state index in [4.69, 9.17) is 4.98 Å². The summed E-state index contributed by atoms with van der Waals surface area (Å²) in [5, 5.41) is 0. The van der Waals surface area contributed by atoms with Gasteiger partial charge in [0.15, 0.2) is 0 Å². The Labute approximate surface area is 179 Å². The van der Waals surface area contributed by atoms with Gasteiger partial charge in [0.25, 0.3) is 5.56 Å². The molecule has 3 atom stereocenters. The lowest BCUT2D eigenvalue weighted by molar-refractivity contribution is -0.133. The normalized spacial score (nSPS) is 29.9. The third-order valence-corrected chi connectivity index (χ3v) is 8.05. The minimum Gasteiger partial charge on any atom is -0.341 e. The number of carbonyl (C=O) groups excluding carboxylic acids is 1. The Morgan fingerprint density at radius 2 is 1.83 bits per heavy atom. The quantitative estimate of drug-likeness (QED) is 0.766. The number of amides is 1. The largest absolute Gasteiger partial charge is 0.341 e. The first kappa shape index (κ1) is 20.2. The van der Waals surface area contributed by atoms with Crippen LogP contribution in [0.25, 0.3) is 0 Å². The molecule has 1 amide bonds. The number of hydrogen-bond acceptors (Lipinski definition) is 4. The highest BCUT2D eigenvalue weighted by Gasteiger charge is 2.36. The molecule has 3 aliphatic heterocycles. The van der Waals surface area contributed by atoms with Crippen LogP contribution in [0.2, 0.25) is 0 Å². The maximum atomic E-state index is 13.1. The van der Waals surface area contributed by atoms with Crippen LogP contribution < -0.4 is 5.56 Å². The number of carbonyl (C=O) groups is 1. The summed E-state index contributed by atoms with van der Waals surface area (Å²) < 4.78 is 1.87. The van der Waals surface area contributed by atoms with Gasteiger partial charge in [-0.25, -0.2) is 4.98 Å². The molecule has 5 rings (SSSR count). The Kier molecular flexibility index (Phi) is 5.94. The molecular weight excluding hydrogens is 376 g/mol. The van der Waals surface area contributed by atoms with Crippen LogP contribution in [0, 0.1) is 5.92 Å². The Balaban J connectivity index is 1.23. The zero-order valence-electron chi connectivity index (χ0n) is 18.2. The summed E-state index contributed by atoms with van der Waals surface area (Å²) in [6.07, 6.45) is 13.1. The van der Waals surface area contributed by atoms with Gasteiger partial charge in [0.2, 0.25) is 5.91 Å². The van der Waals surface area contributed by atoms with Gasteiger partial charge in [-0.2, -0.15) is 0 Å². The van der Waals surface area contributed by atoms with Crippen molar-refractivity contribution in [3.05, 3.63) is 27.9 Å². The lowest BCUT2D eigenvalue weighted by Crippen LogP contribution is -2.50. The molecule has 1 saturated carbocycles. The highest BCUT2D eigenvalue weighted by atomic mass is 16.2. The van der Waals surface area contributed by atoms with E-state index < -0.39 is 0 Å². The predicted molar refractivity (Wildman–Crippen MR) is 117 cm³/mol. The van der Waals surface area contributed by atoms with E-state index in [0.717, 1.165) is 69.3 Å². The minimum absolute atomic E-state index is 0.0957. The highest BCUT2D eigenvalue weighted by Crippen LogP contribution is 2.35. The molecule has 1 aromatic heterocycles. The van der Waals surface area contributed by atoms with E-state index in [1.54, 1.807) is 6.07 Å². The van der Waals surface area contributed by atoms with Gasteiger partial charge in [0.05, 0.1) is 12.2 Å². The number of nitrogens with zero attached hydrogens (tertiary/aromatic N) is 4.